The van der Waals surface area contributed by atoms with Gasteiger partial charge in [-0.3, -0.25) is 0 Å². The van der Waals surface area contributed by atoms with E-state index in [1.54, 1.807) is 0 Å². The normalized spacial score (nSPS) is 29.1. The van der Waals surface area contributed by atoms with E-state index in [0.29, 0.717) is 12.4 Å². The van der Waals surface area contributed by atoms with E-state index in [1.165, 1.54) is 6.07 Å². The number of halogens is 3. The number of aromatic nitrogens is 4. The Morgan fingerprint density at radius 3 is 2.24 bits per heavy atom. The van der Waals surface area contributed by atoms with Crippen LogP contribution in [0.4, 0.5) is 13.2 Å². The van der Waals surface area contributed by atoms with E-state index in [1.807, 2.05) is 0 Å². The molecular weight excluding hydrogens is 335 g/mol. The van der Waals surface area contributed by atoms with Crippen LogP contribution in [0.2, 0.25) is 0 Å². The first-order chi connectivity index (χ1) is 11.9. The average Bonchev–Trinajstić information content (AvgIpc) is 3.14. The van der Waals surface area contributed by atoms with Gasteiger partial charge >= 0.3 is 6.18 Å². The SMILES string of the molecule is NCC12CCC(c3nc(-c4ccc(C(F)(F)F)nn4)no3)(CC1)CC2. The molecule has 0 spiro atoms. The Morgan fingerprint density at radius 1 is 1.04 bits per heavy atom. The average molecular weight is 353 g/mol. The number of rotatable bonds is 3. The molecule has 9 heteroatoms. The van der Waals surface area contributed by atoms with Gasteiger partial charge in [0.25, 0.3) is 0 Å². The largest absolute Gasteiger partial charge is 0.435 e. The number of hydrogen-bond donors (Lipinski definition) is 1. The first-order valence-corrected chi connectivity index (χ1v) is 8.32. The van der Waals surface area contributed by atoms with Gasteiger partial charge in [-0.15, -0.1) is 10.2 Å². The molecule has 25 heavy (non-hydrogen) atoms. The first kappa shape index (κ1) is 16.4. The van der Waals surface area contributed by atoms with E-state index >= 15 is 0 Å². The molecule has 6 nitrogen and oxygen atoms in total. The van der Waals surface area contributed by atoms with Gasteiger partial charge in [-0.1, -0.05) is 5.16 Å². The van der Waals surface area contributed by atoms with Gasteiger partial charge < -0.3 is 10.3 Å². The Balaban J connectivity index is 1.57. The summed E-state index contributed by atoms with van der Waals surface area (Å²) in [7, 11) is 0. The van der Waals surface area contributed by atoms with E-state index in [-0.39, 0.29) is 22.3 Å². The van der Waals surface area contributed by atoms with E-state index in [2.05, 4.69) is 20.3 Å². The monoisotopic (exact) mass is 353 g/mol. The fourth-order valence-electron chi connectivity index (χ4n) is 4.04. The van der Waals surface area contributed by atoms with Crippen LogP contribution in [-0.2, 0) is 11.6 Å². The molecule has 5 rings (SSSR count). The molecule has 2 heterocycles. The van der Waals surface area contributed by atoms with Crippen LogP contribution in [0.15, 0.2) is 16.7 Å². The summed E-state index contributed by atoms with van der Waals surface area (Å²) in [4.78, 5) is 4.42. The van der Waals surface area contributed by atoms with Crippen LogP contribution in [0, 0.1) is 5.41 Å². The highest BCUT2D eigenvalue weighted by atomic mass is 19.4. The predicted molar refractivity (Wildman–Crippen MR) is 81.2 cm³/mol. The molecule has 3 aliphatic carbocycles. The molecule has 2 N–H and O–H groups in total. The second-order valence-electron chi connectivity index (χ2n) is 7.21. The molecule has 3 saturated carbocycles. The van der Waals surface area contributed by atoms with Crippen molar-refractivity contribution in [1.29, 1.82) is 0 Å². The molecule has 3 aliphatic rings. The first-order valence-electron chi connectivity index (χ1n) is 8.32. The number of fused-ring (bicyclic) bond motifs is 3. The van der Waals surface area contributed by atoms with Crippen LogP contribution in [0.25, 0.3) is 11.5 Å². The molecule has 3 fully saturated rings. The van der Waals surface area contributed by atoms with E-state index in [4.69, 9.17) is 10.3 Å². The maximum absolute atomic E-state index is 12.6. The zero-order valence-corrected chi connectivity index (χ0v) is 13.5. The van der Waals surface area contributed by atoms with Crippen molar-refractivity contribution in [1.82, 2.24) is 20.3 Å². The molecule has 0 radical (unpaired) electrons. The summed E-state index contributed by atoms with van der Waals surface area (Å²) in [5.74, 6) is 0.723. The summed E-state index contributed by atoms with van der Waals surface area (Å²) < 4.78 is 43.2. The van der Waals surface area contributed by atoms with Crippen LogP contribution in [0.5, 0.6) is 0 Å². The minimum atomic E-state index is -4.52. The van der Waals surface area contributed by atoms with Crippen LogP contribution < -0.4 is 5.73 Å². The quantitative estimate of drug-likeness (QED) is 0.912. The predicted octanol–water partition coefficient (Wildman–Crippen LogP) is 3.10. The van der Waals surface area contributed by atoms with Gasteiger partial charge in [0.05, 0.1) is 0 Å². The van der Waals surface area contributed by atoms with Gasteiger partial charge in [0.15, 0.2) is 5.69 Å². The smallest absolute Gasteiger partial charge is 0.338 e. The van der Waals surface area contributed by atoms with Gasteiger partial charge in [-0.2, -0.15) is 18.2 Å². The lowest BCUT2D eigenvalue weighted by molar-refractivity contribution is -0.141. The van der Waals surface area contributed by atoms with Crippen LogP contribution >= 0.6 is 0 Å². The lowest BCUT2D eigenvalue weighted by atomic mass is 9.53. The molecule has 0 aromatic carbocycles. The minimum absolute atomic E-state index is 0.137. The fourth-order valence-corrected chi connectivity index (χ4v) is 4.04. The molecule has 2 aromatic rings. The van der Waals surface area contributed by atoms with Crippen molar-refractivity contribution in [2.24, 2.45) is 11.1 Å². The maximum atomic E-state index is 12.6. The molecule has 134 valence electrons. The molecular formula is C16H18F3N5O. The Morgan fingerprint density at radius 2 is 1.72 bits per heavy atom. The summed E-state index contributed by atoms with van der Waals surface area (Å²) in [6.45, 7) is 0.708. The number of hydrogen-bond acceptors (Lipinski definition) is 6. The van der Waals surface area contributed by atoms with E-state index in [9.17, 15) is 13.2 Å². The van der Waals surface area contributed by atoms with Gasteiger partial charge in [0.1, 0.15) is 5.69 Å². The lowest BCUT2D eigenvalue weighted by Crippen LogP contribution is -2.47. The molecule has 0 saturated heterocycles. The Labute approximate surface area is 142 Å². The Kier molecular flexibility index (Phi) is 3.61. The van der Waals surface area contributed by atoms with E-state index in [0.717, 1.165) is 44.6 Å². The zero-order valence-electron chi connectivity index (χ0n) is 13.5. The van der Waals surface area contributed by atoms with Crippen molar-refractivity contribution in [2.75, 3.05) is 6.54 Å². The summed E-state index contributed by atoms with van der Waals surface area (Å²) in [5.41, 5.74) is 5.17. The topological polar surface area (TPSA) is 90.7 Å². The maximum Gasteiger partial charge on any atom is 0.435 e. The highest BCUT2D eigenvalue weighted by Crippen LogP contribution is 2.57. The van der Waals surface area contributed by atoms with Crippen molar-refractivity contribution in [3.05, 3.63) is 23.7 Å². The van der Waals surface area contributed by atoms with Crippen molar-refractivity contribution in [2.45, 2.75) is 50.1 Å². The molecule has 0 aliphatic heterocycles. The highest BCUT2D eigenvalue weighted by molar-refractivity contribution is 5.47. The molecule has 0 atom stereocenters. The summed E-state index contributed by atoms with van der Waals surface area (Å²) >= 11 is 0. The van der Waals surface area contributed by atoms with Gasteiger partial charge in [-0.05, 0) is 62.6 Å². The standard InChI is InChI=1S/C16H18F3N5O/c17-16(18,19)11-2-1-10(22-23-11)12-21-13(25-24-12)15-6-3-14(9-20,4-7-15)5-8-15/h1-2H,3-9,20H2. The Bertz CT molecular complexity index is 746. The summed E-state index contributed by atoms with van der Waals surface area (Å²) in [6.07, 6.45) is 1.45. The summed E-state index contributed by atoms with van der Waals surface area (Å²) in [6, 6.07) is 2.08. The third-order valence-corrected chi connectivity index (χ3v) is 5.90. The van der Waals surface area contributed by atoms with Gasteiger partial charge in [0.2, 0.25) is 11.7 Å². The Hall–Kier alpha value is -2.03. The number of nitrogens with two attached hydrogens (primary N) is 1. The van der Waals surface area contributed by atoms with Crippen molar-refractivity contribution >= 4 is 0 Å². The third-order valence-electron chi connectivity index (χ3n) is 5.90. The zero-order chi connectivity index (χ0) is 17.7. The van der Waals surface area contributed by atoms with Crippen molar-refractivity contribution in [3.63, 3.8) is 0 Å². The van der Waals surface area contributed by atoms with Crippen LogP contribution in [0.1, 0.15) is 50.1 Å². The van der Waals surface area contributed by atoms with Crippen LogP contribution in [-0.4, -0.2) is 26.9 Å². The van der Waals surface area contributed by atoms with Gasteiger partial charge in [0, 0.05) is 5.41 Å². The fraction of sp³-hybridized carbons (Fsp3) is 0.625. The highest BCUT2D eigenvalue weighted by Gasteiger charge is 2.51. The number of nitrogens with zero attached hydrogens (tertiary/aromatic N) is 4. The van der Waals surface area contributed by atoms with Crippen LogP contribution in [0.3, 0.4) is 0 Å². The van der Waals surface area contributed by atoms with Crippen molar-refractivity contribution < 1.29 is 17.7 Å². The minimum Gasteiger partial charge on any atom is -0.338 e. The molecule has 0 amide bonds. The van der Waals surface area contributed by atoms with Gasteiger partial charge in [-0.25, -0.2) is 0 Å². The molecule has 2 aromatic heterocycles. The molecule has 0 unspecified atom stereocenters. The molecule has 2 bridgehead atoms. The second kappa shape index (κ2) is 5.48. The van der Waals surface area contributed by atoms with E-state index < -0.39 is 11.9 Å². The second-order valence-corrected chi connectivity index (χ2v) is 7.21. The number of alkyl halides is 3. The lowest BCUT2D eigenvalue weighted by Gasteiger charge is -2.51. The van der Waals surface area contributed by atoms with Crippen molar-refractivity contribution in [3.8, 4) is 11.5 Å². The summed E-state index contributed by atoms with van der Waals surface area (Å²) in [5, 5.41) is 10.7. The third kappa shape index (κ3) is 2.70.